The van der Waals surface area contributed by atoms with Crippen molar-refractivity contribution in [2.45, 2.75) is 63.3 Å². The van der Waals surface area contributed by atoms with Crippen molar-refractivity contribution < 1.29 is 34.1 Å². The molecule has 2 amide bonds. The van der Waals surface area contributed by atoms with E-state index in [1.54, 1.807) is 35.2 Å². The fraction of sp³-hybridized carbons (Fsp3) is 0.485. The van der Waals surface area contributed by atoms with E-state index in [0.717, 1.165) is 19.3 Å². The van der Waals surface area contributed by atoms with Crippen molar-refractivity contribution in [2.24, 2.45) is 17.8 Å². The summed E-state index contributed by atoms with van der Waals surface area (Å²) in [6.45, 7) is -0.0989. The molecule has 9 nitrogen and oxygen atoms in total. The highest BCUT2D eigenvalue weighted by molar-refractivity contribution is 14.1. The van der Waals surface area contributed by atoms with Gasteiger partial charge in [-0.15, -0.1) is 0 Å². The van der Waals surface area contributed by atoms with Gasteiger partial charge in [0.1, 0.15) is 18.5 Å². The largest absolute Gasteiger partial charge is 0.493 e. The molecule has 3 unspecified atom stereocenters. The van der Waals surface area contributed by atoms with Crippen molar-refractivity contribution in [1.82, 2.24) is 10.2 Å². The number of rotatable bonds is 12. The minimum atomic E-state index is -1.24. The predicted molar refractivity (Wildman–Crippen MR) is 179 cm³/mol. The Bertz CT molecular complexity index is 1470. The Morgan fingerprint density at radius 3 is 2.62 bits per heavy atom. The number of nitrogens with one attached hydrogen (secondary N) is 1. The van der Waals surface area contributed by atoms with E-state index in [9.17, 15) is 24.6 Å². The highest BCUT2D eigenvalue weighted by Gasteiger charge is 2.44. The van der Waals surface area contributed by atoms with Crippen LogP contribution >= 0.6 is 45.8 Å². The molecule has 2 fully saturated rings. The lowest BCUT2D eigenvalue weighted by atomic mass is 9.84. The Balaban J connectivity index is 1.51. The maximum Gasteiger partial charge on any atom is 0.247 e. The standard InChI is InChI=1S/C33H37Cl2IN2O7/c1-44-29-11-19(17-40)10-26(36)32(29)45-28-13-23(33(43)37-6-7-39)12-27(31(28)42)38(16-21-4-5-24(34)15-25(21)35)30(41)14-22-9-18-2-3-20(22)8-18/h4-5,10-11,13,15,17-18,20,22,27-28,31,39,42H,2-3,6-9,12,14,16H2,1H3,(H,37,43)/t18?,20?,22?,27-,28+,31+/m1/s1. The summed E-state index contributed by atoms with van der Waals surface area (Å²) in [4.78, 5) is 40.6. The van der Waals surface area contributed by atoms with Gasteiger partial charge in [-0.05, 0) is 95.5 Å². The van der Waals surface area contributed by atoms with Crippen LogP contribution in [0.15, 0.2) is 42.0 Å². The van der Waals surface area contributed by atoms with E-state index in [4.69, 9.17) is 32.7 Å². The third kappa shape index (κ3) is 7.78. The molecule has 3 N–H and O–H groups in total. The number of carbonyl (C=O) groups is 3. The maximum atomic E-state index is 14.2. The Morgan fingerprint density at radius 1 is 1.18 bits per heavy atom. The van der Waals surface area contributed by atoms with Gasteiger partial charge in [0.15, 0.2) is 11.5 Å². The number of halogens is 3. The molecule has 2 aromatic carbocycles. The zero-order chi connectivity index (χ0) is 32.2. The van der Waals surface area contributed by atoms with Crippen LogP contribution in [0.25, 0.3) is 0 Å². The molecule has 0 spiro atoms. The molecule has 0 saturated heterocycles. The van der Waals surface area contributed by atoms with Crippen LogP contribution in [0.1, 0.15) is 54.4 Å². The number of aldehydes is 1. The SMILES string of the molecule is COc1cc(C=O)cc(I)c1O[C@H]1C=C(C(=O)NCCO)C[C@@H](N(Cc2ccc(Cl)cc2Cl)C(=O)CC2CC3CCC2C3)[C@@H]1O. The zero-order valence-corrected chi connectivity index (χ0v) is 28.6. The van der Waals surface area contributed by atoms with E-state index in [0.29, 0.717) is 60.6 Å². The van der Waals surface area contributed by atoms with Crippen molar-refractivity contribution >= 4 is 63.9 Å². The summed E-state index contributed by atoms with van der Waals surface area (Å²) in [5.41, 5.74) is 1.36. The lowest BCUT2D eigenvalue weighted by Crippen LogP contribution is -2.55. The molecule has 5 rings (SSSR count). The molecule has 2 aromatic rings. The molecule has 2 bridgehead atoms. The Hall–Kier alpha value is -2.38. The van der Waals surface area contributed by atoms with Gasteiger partial charge in [-0.3, -0.25) is 14.4 Å². The third-order valence-corrected chi connectivity index (χ3v) is 10.6. The summed E-state index contributed by atoms with van der Waals surface area (Å²) >= 11 is 14.8. The number of aliphatic hydroxyl groups excluding tert-OH is 2. The first kappa shape index (κ1) is 34.0. The lowest BCUT2D eigenvalue weighted by Gasteiger charge is -2.41. The number of ether oxygens (including phenoxy) is 2. The number of fused-ring (bicyclic) bond motifs is 2. The van der Waals surface area contributed by atoms with E-state index in [2.05, 4.69) is 5.32 Å². The van der Waals surface area contributed by atoms with Gasteiger partial charge in [0.2, 0.25) is 11.8 Å². The normalized spacial score (nSPS) is 25.4. The van der Waals surface area contributed by atoms with Crippen molar-refractivity contribution in [2.75, 3.05) is 20.3 Å². The molecule has 242 valence electrons. The second-order valence-electron chi connectivity index (χ2n) is 12.1. The maximum absolute atomic E-state index is 14.2. The number of hydrogen-bond acceptors (Lipinski definition) is 7. The summed E-state index contributed by atoms with van der Waals surface area (Å²) in [5, 5.41) is 24.8. The van der Waals surface area contributed by atoms with Crippen LogP contribution in [0, 0.1) is 21.3 Å². The number of benzene rings is 2. The van der Waals surface area contributed by atoms with Crippen molar-refractivity contribution in [3.05, 3.63) is 66.7 Å². The van der Waals surface area contributed by atoms with Crippen LogP contribution in [-0.4, -0.2) is 71.7 Å². The average Bonchev–Trinajstić information content (AvgIpc) is 3.65. The number of methoxy groups -OCH3 is 1. The molecule has 3 aliphatic rings. The quantitative estimate of drug-likeness (QED) is 0.201. The Kier molecular flexibility index (Phi) is 11.3. The predicted octanol–water partition coefficient (Wildman–Crippen LogP) is 5.19. The summed E-state index contributed by atoms with van der Waals surface area (Å²) in [7, 11) is 1.45. The van der Waals surface area contributed by atoms with Crippen molar-refractivity contribution in [1.29, 1.82) is 0 Å². The van der Waals surface area contributed by atoms with Crippen LogP contribution in [0.5, 0.6) is 11.5 Å². The van der Waals surface area contributed by atoms with E-state index < -0.39 is 24.2 Å². The molecule has 12 heteroatoms. The van der Waals surface area contributed by atoms with Gasteiger partial charge in [0, 0.05) is 47.1 Å². The van der Waals surface area contributed by atoms with Gasteiger partial charge >= 0.3 is 0 Å². The molecule has 0 radical (unpaired) electrons. The molecule has 2 saturated carbocycles. The lowest BCUT2D eigenvalue weighted by molar-refractivity contribution is -0.141. The molecule has 0 aliphatic heterocycles. The van der Waals surface area contributed by atoms with Crippen molar-refractivity contribution in [3.8, 4) is 11.5 Å². The third-order valence-electron chi connectivity index (χ3n) is 9.25. The summed E-state index contributed by atoms with van der Waals surface area (Å²) < 4.78 is 12.4. The average molecular weight is 771 g/mol. The molecule has 45 heavy (non-hydrogen) atoms. The Labute approximate surface area is 286 Å². The Morgan fingerprint density at radius 2 is 1.98 bits per heavy atom. The van der Waals surface area contributed by atoms with Gasteiger partial charge in [-0.1, -0.05) is 35.7 Å². The van der Waals surface area contributed by atoms with Gasteiger partial charge in [0.25, 0.3) is 0 Å². The topological polar surface area (TPSA) is 125 Å². The minimum Gasteiger partial charge on any atom is -0.493 e. The molecule has 6 atom stereocenters. The monoisotopic (exact) mass is 770 g/mol. The van der Waals surface area contributed by atoms with E-state index in [-0.39, 0.29) is 43.7 Å². The number of carbonyl (C=O) groups excluding carboxylic acids is 3. The highest BCUT2D eigenvalue weighted by Crippen LogP contribution is 2.50. The van der Waals surface area contributed by atoms with Crippen LogP contribution in [-0.2, 0) is 16.1 Å². The molecule has 3 aliphatic carbocycles. The van der Waals surface area contributed by atoms with E-state index in [1.807, 2.05) is 22.6 Å². The highest BCUT2D eigenvalue weighted by atomic mass is 127. The number of aliphatic hydroxyl groups is 2. The first-order valence-corrected chi connectivity index (χ1v) is 17.0. The van der Waals surface area contributed by atoms with Gasteiger partial charge in [0.05, 0.1) is 23.3 Å². The summed E-state index contributed by atoms with van der Waals surface area (Å²) in [6.07, 6.45) is 4.89. The van der Waals surface area contributed by atoms with Gasteiger partial charge in [-0.2, -0.15) is 0 Å². The van der Waals surface area contributed by atoms with Crippen LogP contribution in [0.4, 0.5) is 0 Å². The van der Waals surface area contributed by atoms with E-state index in [1.165, 1.54) is 19.6 Å². The second-order valence-corrected chi connectivity index (χ2v) is 14.1. The summed E-state index contributed by atoms with van der Waals surface area (Å²) in [6, 6.07) is 7.40. The first-order valence-electron chi connectivity index (χ1n) is 15.1. The molecular weight excluding hydrogens is 734 g/mol. The number of amides is 2. The number of nitrogens with zero attached hydrogens (tertiary/aromatic N) is 1. The number of hydrogen-bond donors (Lipinski definition) is 3. The van der Waals surface area contributed by atoms with Crippen LogP contribution < -0.4 is 14.8 Å². The zero-order valence-electron chi connectivity index (χ0n) is 24.9. The van der Waals surface area contributed by atoms with Gasteiger partial charge < -0.3 is 29.9 Å². The fourth-order valence-electron chi connectivity index (χ4n) is 7.03. The van der Waals surface area contributed by atoms with Gasteiger partial charge in [-0.25, -0.2) is 0 Å². The molecule has 0 heterocycles. The smallest absolute Gasteiger partial charge is 0.247 e. The fourth-order valence-corrected chi connectivity index (χ4v) is 8.25. The minimum absolute atomic E-state index is 0.0427. The molecular formula is C33H37Cl2IN2O7. The first-order chi connectivity index (χ1) is 21.6. The van der Waals surface area contributed by atoms with E-state index >= 15 is 0 Å². The van der Waals surface area contributed by atoms with Crippen LogP contribution in [0.2, 0.25) is 10.0 Å². The van der Waals surface area contributed by atoms with Crippen molar-refractivity contribution in [3.63, 3.8) is 0 Å². The summed E-state index contributed by atoms with van der Waals surface area (Å²) in [5.74, 6) is 1.49. The van der Waals surface area contributed by atoms with Crippen LogP contribution in [0.3, 0.4) is 0 Å². The molecule has 0 aromatic heterocycles. The second kappa shape index (κ2) is 15.0.